The summed E-state index contributed by atoms with van der Waals surface area (Å²) >= 11 is 0. The van der Waals surface area contributed by atoms with Crippen molar-refractivity contribution in [1.82, 2.24) is 20.1 Å². The molecule has 2 fully saturated rings. The molecule has 8 nitrogen and oxygen atoms in total. The summed E-state index contributed by atoms with van der Waals surface area (Å²) < 4.78 is 5.73. The Hall–Kier alpha value is -2.35. The third-order valence-corrected chi connectivity index (χ3v) is 6.25. The van der Waals surface area contributed by atoms with Crippen molar-refractivity contribution in [3.63, 3.8) is 0 Å². The first kappa shape index (κ1) is 23.3. The average molecular weight is 431 g/mol. The molecule has 8 heteroatoms. The van der Waals surface area contributed by atoms with E-state index < -0.39 is 0 Å². The highest BCUT2D eigenvalue weighted by Crippen LogP contribution is 2.24. The van der Waals surface area contributed by atoms with Crippen LogP contribution in [-0.4, -0.2) is 93.2 Å². The second-order valence-electron chi connectivity index (χ2n) is 8.79. The van der Waals surface area contributed by atoms with Crippen molar-refractivity contribution >= 4 is 17.6 Å². The summed E-state index contributed by atoms with van der Waals surface area (Å²) in [5.74, 6) is 1.51. The molecule has 0 radical (unpaired) electrons. The second-order valence-corrected chi connectivity index (χ2v) is 8.79. The van der Waals surface area contributed by atoms with E-state index in [2.05, 4.69) is 44.3 Å². The van der Waals surface area contributed by atoms with Crippen LogP contribution < -0.4 is 10.2 Å². The molecule has 0 aromatic carbocycles. The van der Waals surface area contributed by atoms with Gasteiger partial charge < -0.3 is 24.8 Å². The standard InChI is InChI=1S/C23H38N6O2/c1-27(2)22(30)18-26-23(25-17-21-5-4-16-31-21)28(3)13-8-19-9-14-29(15-10-19)20-6-11-24-12-7-20/h6-7,11-12,19,21H,4-5,8-10,13-18H2,1-3H3,(H,25,26). The Morgan fingerprint density at radius 1 is 1.23 bits per heavy atom. The maximum atomic E-state index is 12.0. The fourth-order valence-corrected chi connectivity index (χ4v) is 4.12. The zero-order valence-electron chi connectivity index (χ0n) is 19.3. The zero-order chi connectivity index (χ0) is 22.1. The van der Waals surface area contributed by atoms with Crippen molar-refractivity contribution in [1.29, 1.82) is 0 Å². The predicted molar refractivity (Wildman–Crippen MR) is 124 cm³/mol. The first-order valence-corrected chi connectivity index (χ1v) is 11.5. The Morgan fingerprint density at radius 2 is 1.97 bits per heavy atom. The first-order chi connectivity index (χ1) is 15.0. The zero-order valence-corrected chi connectivity index (χ0v) is 19.3. The Balaban J connectivity index is 1.47. The van der Waals surface area contributed by atoms with Crippen LogP contribution in [0.25, 0.3) is 0 Å². The number of aromatic nitrogens is 1. The van der Waals surface area contributed by atoms with Crippen molar-refractivity contribution in [3.8, 4) is 0 Å². The number of nitrogens with zero attached hydrogens (tertiary/aromatic N) is 5. The van der Waals surface area contributed by atoms with Crippen LogP contribution in [0.15, 0.2) is 29.5 Å². The van der Waals surface area contributed by atoms with Crippen molar-refractivity contribution in [2.45, 2.75) is 38.2 Å². The highest BCUT2D eigenvalue weighted by Gasteiger charge is 2.21. The molecule has 1 unspecified atom stereocenters. The third kappa shape index (κ3) is 7.38. The molecular formula is C23H38N6O2. The van der Waals surface area contributed by atoms with Gasteiger partial charge in [0.15, 0.2) is 5.96 Å². The van der Waals surface area contributed by atoms with E-state index >= 15 is 0 Å². The average Bonchev–Trinajstić information content (AvgIpc) is 3.32. The normalized spacial score (nSPS) is 20.0. The quantitative estimate of drug-likeness (QED) is 0.501. The summed E-state index contributed by atoms with van der Waals surface area (Å²) in [5.41, 5.74) is 1.27. The van der Waals surface area contributed by atoms with Crippen molar-refractivity contribution < 1.29 is 9.53 Å². The van der Waals surface area contributed by atoms with Gasteiger partial charge >= 0.3 is 0 Å². The SMILES string of the molecule is CN(C)C(=O)CN=C(NCC1CCCO1)N(C)CCC1CCN(c2ccncc2)CC1. The number of rotatable bonds is 8. The number of hydrogen-bond donors (Lipinski definition) is 1. The van der Waals surface area contributed by atoms with E-state index in [1.165, 1.54) is 18.5 Å². The Morgan fingerprint density at radius 3 is 2.61 bits per heavy atom. The van der Waals surface area contributed by atoms with Gasteiger partial charge in [-0.3, -0.25) is 9.78 Å². The third-order valence-electron chi connectivity index (χ3n) is 6.25. The van der Waals surface area contributed by atoms with Crippen LogP contribution in [0, 0.1) is 5.92 Å². The van der Waals surface area contributed by atoms with E-state index in [0.29, 0.717) is 5.92 Å². The molecule has 2 aliphatic heterocycles. The maximum Gasteiger partial charge on any atom is 0.243 e. The van der Waals surface area contributed by atoms with Gasteiger partial charge in [-0.05, 0) is 50.2 Å². The fraction of sp³-hybridized carbons (Fsp3) is 0.696. The number of nitrogens with one attached hydrogen (secondary N) is 1. The lowest BCUT2D eigenvalue weighted by Gasteiger charge is -2.34. The topological polar surface area (TPSA) is 73.3 Å². The van der Waals surface area contributed by atoms with Crippen LogP contribution >= 0.6 is 0 Å². The number of anilines is 1. The molecule has 0 aliphatic carbocycles. The van der Waals surface area contributed by atoms with Crippen LogP contribution in [0.1, 0.15) is 32.1 Å². The van der Waals surface area contributed by atoms with Gasteiger partial charge in [0.2, 0.25) is 5.91 Å². The number of ether oxygens (including phenoxy) is 1. The second kappa shape index (κ2) is 11.9. The number of guanidine groups is 1. The van der Waals surface area contributed by atoms with Crippen molar-refractivity contribution in [2.24, 2.45) is 10.9 Å². The fourth-order valence-electron chi connectivity index (χ4n) is 4.12. The van der Waals surface area contributed by atoms with Gasteiger partial charge in [-0.15, -0.1) is 0 Å². The molecule has 1 atom stereocenters. The van der Waals surface area contributed by atoms with Crippen LogP contribution in [0.4, 0.5) is 5.69 Å². The van der Waals surface area contributed by atoms with E-state index in [1.54, 1.807) is 19.0 Å². The van der Waals surface area contributed by atoms with E-state index in [0.717, 1.165) is 58.0 Å². The molecule has 0 spiro atoms. The monoisotopic (exact) mass is 430 g/mol. The predicted octanol–water partition coefficient (Wildman–Crippen LogP) is 1.83. The molecule has 172 valence electrons. The first-order valence-electron chi connectivity index (χ1n) is 11.5. The number of hydrogen-bond acceptors (Lipinski definition) is 5. The highest BCUT2D eigenvalue weighted by atomic mass is 16.5. The van der Waals surface area contributed by atoms with Gasteiger partial charge in [0.25, 0.3) is 0 Å². The lowest BCUT2D eigenvalue weighted by molar-refractivity contribution is -0.127. The highest BCUT2D eigenvalue weighted by molar-refractivity contribution is 5.84. The van der Waals surface area contributed by atoms with Gasteiger partial charge in [0, 0.05) is 72.0 Å². The van der Waals surface area contributed by atoms with Gasteiger partial charge in [0.05, 0.1) is 6.10 Å². The van der Waals surface area contributed by atoms with E-state index in [-0.39, 0.29) is 18.6 Å². The smallest absolute Gasteiger partial charge is 0.243 e. The molecule has 2 aliphatic rings. The number of amides is 1. The minimum absolute atomic E-state index is 0.00769. The number of likely N-dealkylation sites (N-methyl/N-ethyl adjacent to an activating group) is 1. The minimum Gasteiger partial charge on any atom is -0.376 e. The van der Waals surface area contributed by atoms with E-state index in [1.807, 2.05) is 12.4 Å². The van der Waals surface area contributed by atoms with Crippen LogP contribution in [0.2, 0.25) is 0 Å². The molecule has 31 heavy (non-hydrogen) atoms. The molecule has 3 rings (SSSR count). The Labute approximate surface area is 186 Å². The minimum atomic E-state index is 0.00769. The number of aliphatic imine (C=N–C) groups is 1. The van der Waals surface area contributed by atoms with E-state index in [9.17, 15) is 4.79 Å². The van der Waals surface area contributed by atoms with Gasteiger partial charge in [-0.2, -0.15) is 0 Å². The largest absolute Gasteiger partial charge is 0.376 e. The van der Waals surface area contributed by atoms with Crippen LogP contribution in [0.3, 0.4) is 0 Å². The number of pyridine rings is 1. The molecule has 1 amide bonds. The maximum absolute atomic E-state index is 12.0. The number of carbonyl (C=O) groups is 1. The van der Waals surface area contributed by atoms with Crippen molar-refractivity contribution in [3.05, 3.63) is 24.5 Å². The molecule has 2 saturated heterocycles. The molecule has 0 saturated carbocycles. The van der Waals surface area contributed by atoms with Gasteiger partial charge in [-0.1, -0.05) is 0 Å². The summed E-state index contributed by atoms with van der Waals surface area (Å²) in [4.78, 5) is 26.9. The van der Waals surface area contributed by atoms with Crippen molar-refractivity contribution in [2.75, 3.05) is 65.4 Å². The summed E-state index contributed by atoms with van der Waals surface area (Å²) in [7, 11) is 5.59. The lowest BCUT2D eigenvalue weighted by atomic mass is 9.93. The number of piperidine rings is 1. The summed E-state index contributed by atoms with van der Waals surface area (Å²) in [6.07, 6.45) is 9.69. The number of carbonyl (C=O) groups excluding carboxylic acids is 1. The Bertz CT molecular complexity index is 697. The molecular weight excluding hydrogens is 392 g/mol. The molecule has 3 heterocycles. The summed E-state index contributed by atoms with van der Waals surface area (Å²) in [6.45, 7) is 4.85. The summed E-state index contributed by atoms with van der Waals surface area (Å²) in [5, 5.41) is 3.44. The molecule has 1 N–H and O–H groups in total. The van der Waals surface area contributed by atoms with Crippen LogP contribution in [-0.2, 0) is 9.53 Å². The van der Waals surface area contributed by atoms with Gasteiger partial charge in [0.1, 0.15) is 6.54 Å². The van der Waals surface area contributed by atoms with Crippen LogP contribution in [0.5, 0.6) is 0 Å². The molecule has 1 aromatic rings. The lowest BCUT2D eigenvalue weighted by Crippen LogP contribution is -2.44. The molecule has 1 aromatic heterocycles. The summed E-state index contributed by atoms with van der Waals surface area (Å²) in [6, 6.07) is 4.18. The van der Waals surface area contributed by atoms with Gasteiger partial charge in [-0.25, -0.2) is 4.99 Å². The Kier molecular flexibility index (Phi) is 8.94. The van der Waals surface area contributed by atoms with E-state index in [4.69, 9.17) is 4.74 Å². The molecule has 0 bridgehead atoms.